The van der Waals surface area contributed by atoms with E-state index in [-0.39, 0.29) is 17.0 Å². The van der Waals surface area contributed by atoms with Crippen LogP contribution < -0.4 is 15.8 Å². The van der Waals surface area contributed by atoms with E-state index in [1.165, 1.54) is 18.5 Å². The van der Waals surface area contributed by atoms with Crippen molar-refractivity contribution in [3.05, 3.63) is 53.1 Å². The lowest BCUT2D eigenvalue weighted by atomic mass is 10.1. The topological polar surface area (TPSA) is 93.4 Å². The van der Waals surface area contributed by atoms with Gasteiger partial charge in [0.25, 0.3) is 5.91 Å². The summed E-state index contributed by atoms with van der Waals surface area (Å²) in [7, 11) is 5.68. The summed E-state index contributed by atoms with van der Waals surface area (Å²) < 4.78 is 19.9. The van der Waals surface area contributed by atoms with E-state index in [0.29, 0.717) is 33.8 Å². The van der Waals surface area contributed by atoms with E-state index < -0.39 is 5.82 Å². The quantitative estimate of drug-likeness (QED) is 0.434. The number of amides is 1. The van der Waals surface area contributed by atoms with Crippen molar-refractivity contribution >= 4 is 39.9 Å². The first-order chi connectivity index (χ1) is 16.7. The molecule has 2 heterocycles. The highest BCUT2D eigenvalue weighted by molar-refractivity contribution is 6.31. The van der Waals surface area contributed by atoms with E-state index in [1.807, 2.05) is 26.2 Å². The molecule has 1 saturated heterocycles. The SMILES string of the molecule is COc1cc2ncnc(Nc3ccc(F)c(Cl)c3)c2cc1C[N+]1(CCN(C)C)CCC[C@@H]1C(N)=O. The lowest BCUT2D eigenvalue weighted by molar-refractivity contribution is -0.943. The fourth-order valence-electron chi connectivity index (χ4n) is 4.97. The lowest BCUT2D eigenvalue weighted by Crippen LogP contribution is -2.58. The third-order valence-corrected chi connectivity index (χ3v) is 7.06. The van der Waals surface area contributed by atoms with Crippen LogP contribution in [0.2, 0.25) is 5.02 Å². The Hall–Kier alpha value is -3.01. The van der Waals surface area contributed by atoms with Crippen molar-refractivity contribution in [3.8, 4) is 5.75 Å². The highest BCUT2D eigenvalue weighted by Gasteiger charge is 2.45. The molecule has 186 valence electrons. The Balaban J connectivity index is 1.76. The summed E-state index contributed by atoms with van der Waals surface area (Å²) in [5, 5.41) is 4.03. The first-order valence-corrected chi connectivity index (χ1v) is 11.9. The first-order valence-electron chi connectivity index (χ1n) is 11.6. The summed E-state index contributed by atoms with van der Waals surface area (Å²) in [4.78, 5) is 23.4. The molecular weight excluding hydrogens is 471 g/mol. The van der Waals surface area contributed by atoms with Crippen molar-refractivity contribution in [2.75, 3.05) is 46.2 Å². The fourth-order valence-corrected chi connectivity index (χ4v) is 5.15. The van der Waals surface area contributed by atoms with Gasteiger partial charge >= 0.3 is 0 Å². The molecule has 1 aliphatic rings. The van der Waals surface area contributed by atoms with E-state index in [0.717, 1.165) is 43.4 Å². The van der Waals surface area contributed by atoms with E-state index >= 15 is 0 Å². The van der Waals surface area contributed by atoms with Crippen LogP contribution in [0.15, 0.2) is 36.7 Å². The molecule has 3 aromatic rings. The maximum atomic E-state index is 13.6. The number of quaternary nitrogens is 1. The van der Waals surface area contributed by atoms with Crippen molar-refractivity contribution in [3.63, 3.8) is 0 Å². The molecule has 0 spiro atoms. The van der Waals surface area contributed by atoms with Gasteiger partial charge < -0.3 is 25.2 Å². The van der Waals surface area contributed by atoms with Crippen LogP contribution in [0.3, 0.4) is 0 Å². The summed E-state index contributed by atoms with van der Waals surface area (Å²) in [6, 6.07) is 8.06. The van der Waals surface area contributed by atoms with E-state index in [1.54, 1.807) is 13.2 Å². The number of benzene rings is 2. The summed E-state index contributed by atoms with van der Waals surface area (Å²) >= 11 is 5.96. The zero-order valence-electron chi connectivity index (χ0n) is 20.2. The number of aromatic nitrogens is 2. The molecule has 0 radical (unpaired) electrons. The van der Waals surface area contributed by atoms with Crippen LogP contribution in [0, 0.1) is 5.82 Å². The number of nitrogens with zero attached hydrogens (tertiary/aromatic N) is 4. The molecule has 1 aromatic heterocycles. The molecule has 2 atom stereocenters. The van der Waals surface area contributed by atoms with Crippen LogP contribution in [0.4, 0.5) is 15.9 Å². The van der Waals surface area contributed by atoms with Crippen molar-refractivity contribution in [1.29, 1.82) is 0 Å². The van der Waals surface area contributed by atoms with Gasteiger partial charge in [-0.25, -0.2) is 14.4 Å². The Bertz CT molecular complexity index is 1240. The normalized spacial score (nSPS) is 19.9. The second kappa shape index (κ2) is 10.3. The van der Waals surface area contributed by atoms with Gasteiger partial charge in [-0.1, -0.05) is 11.6 Å². The van der Waals surface area contributed by atoms with Crippen LogP contribution in [0.1, 0.15) is 18.4 Å². The van der Waals surface area contributed by atoms with E-state index in [2.05, 4.69) is 20.2 Å². The number of likely N-dealkylation sites (N-methyl/N-ethyl adjacent to an activating group) is 1. The third kappa shape index (κ3) is 5.32. The number of primary amides is 1. The lowest BCUT2D eigenvalue weighted by Gasteiger charge is -2.40. The molecule has 0 aliphatic carbocycles. The molecular formula is C25H31ClFN6O2+. The number of nitrogens with one attached hydrogen (secondary N) is 1. The van der Waals surface area contributed by atoms with Crippen LogP contribution in [-0.2, 0) is 11.3 Å². The number of carbonyl (C=O) groups excluding carboxylic acids is 1. The van der Waals surface area contributed by atoms with Gasteiger partial charge in [-0.3, -0.25) is 4.79 Å². The second-order valence-electron chi connectivity index (χ2n) is 9.34. The number of carbonyl (C=O) groups is 1. The van der Waals surface area contributed by atoms with Gasteiger partial charge in [0.2, 0.25) is 0 Å². The molecule has 1 unspecified atom stereocenters. The molecule has 4 rings (SSSR count). The van der Waals surface area contributed by atoms with Crippen LogP contribution in [0.5, 0.6) is 5.75 Å². The molecule has 8 nitrogen and oxygen atoms in total. The number of ether oxygens (including phenoxy) is 1. The zero-order chi connectivity index (χ0) is 25.2. The number of nitrogens with two attached hydrogens (primary N) is 1. The van der Waals surface area contributed by atoms with Crippen molar-refractivity contribution in [1.82, 2.24) is 14.9 Å². The van der Waals surface area contributed by atoms with Crippen molar-refractivity contribution in [2.45, 2.75) is 25.4 Å². The minimum Gasteiger partial charge on any atom is -0.496 e. The highest BCUT2D eigenvalue weighted by atomic mass is 35.5. The zero-order valence-corrected chi connectivity index (χ0v) is 21.0. The number of hydrogen-bond donors (Lipinski definition) is 2. The standard InChI is InChI=1S/C25H30ClFN6O2/c1-32(2)8-10-33(9-4-5-22(33)24(28)34)14-16-11-18-21(13-23(16)35-3)29-15-30-25(18)31-17-6-7-20(27)19(26)12-17/h6-7,11-13,15,22H,4-5,8-10,14H2,1-3H3,(H2-,28,29,30,31,34)/p+1/t22-,33?/m1/s1. The van der Waals surface area contributed by atoms with Crippen LogP contribution in [0.25, 0.3) is 10.9 Å². The Morgan fingerprint density at radius 1 is 1.31 bits per heavy atom. The van der Waals surface area contributed by atoms with E-state index in [9.17, 15) is 9.18 Å². The van der Waals surface area contributed by atoms with Crippen LogP contribution in [-0.4, -0.2) is 72.1 Å². The second-order valence-corrected chi connectivity index (χ2v) is 9.75. The summed E-state index contributed by atoms with van der Waals surface area (Å²) in [5.41, 5.74) is 8.11. The highest BCUT2D eigenvalue weighted by Crippen LogP contribution is 2.36. The molecule has 0 bridgehead atoms. The Morgan fingerprint density at radius 3 is 2.80 bits per heavy atom. The number of rotatable bonds is 9. The minimum absolute atomic E-state index is 0.0228. The fraction of sp³-hybridized carbons (Fsp3) is 0.400. The van der Waals surface area contributed by atoms with Gasteiger partial charge in [0.15, 0.2) is 6.04 Å². The monoisotopic (exact) mass is 501 g/mol. The molecule has 1 amide bonds. The maximum absolute atomic E-state index is 13.6. The number of methoxy groups -OCH3 is 1. The van der Waals surface area contributed by atoms with Gasteiger partial charge in [0.1, 0.15) is 30.3 Å². The van der Waals surface area contributed by atoms with Crippen LogP contribution >= 0.6 is 11.6 Å². The predicted octanol–water partition coefficient (Wildman–Crippen LogP) is 3.70. The van der Waals surface area contributed by atoms with Gasteiger partial charge in [-0.15, -0.1) is 0 Å². The maximum Gasteiger partial charge on any atom is 0.275 e. The molecule has 0 saturated carbocycles. The Morgan fingerprint density at radius 2 is 2.11 bits per heavy atom. The predicted molar refractivity (Wildman–Crippen MR) is 135 cm³/mol. The minimum atomic E-state index is -0.488. The van der Waals surface area contributed by atoms with Crippen molar-refractivity contribution in [2.24, 2.45) is 5.73 Å². The summed E-state index contributed by atoms with van der Waals surface area (Å²) in [6.07, 6.45) is 3.18. The number of halogens is 2. The number of hydrogen-bond acceptors (Lipinski definition) is 6. The largest absolute Gasteiger partial charge is 0.496 e. The smallest absolute Gasteiger partial charge is 0.275 e. The van der Waals surface area contributed by atoms with Gasteiger partial charge in [-0.2, -0.15) is 0 Å². The summed E-state index contributed by atoms with van der Waals surface area (Å²) in [6.45, 7) is 3.09. The van der Waals surface area contributed by atoms with Crippen molar-refractivity contribution < 1.29 is 18.4 Å². The number of anilines is 2. The first kappa shape index (κ1) is 25.1. The van der Waals surface area contributed by atoms with Gasteiger partial charge in [-0.05, 0) is 38.4 Å². The van der Waals surface area contributed by atoms with Gasteiger partial charge in [0, 0.05) is 42.1 Å². The Labute approximate surface area is 209 Å². The molecule has 3 N–H and O–H groups in total. The average Bonchev–Trinajstić information content (AvgIpc) is 3.24. The molecule has 1 aliphatic heterocycles. The molecule has 35 heavy (non-hydrogen) atoms. The number of likely N-dealkylation sites (tertiary alicyclic amines) is 1. The van der Waals surface area contributed by atoms with E-state index in [4.69, 9.17) is 22.1 Å². The Kier molecular flexibility index (Phi) is 7.39. The molecule has 1 fully saturated rings. The number of fused-ring (bicyclic) bond motifs is 1. The third-order valence-electron chi connectivity index (χ3n) is 6.77. The molecule has 2 aromatic carbocycles. The molecule has 10 heteroatoms. The average molecular weight is 502 g/mol. The summed E-state index contributed by atoms with van der Waals surface area (Å²) in [5.74, 6) is 0.511. The van der Waals surface area contributed by atoms with Gasteiger partial charge in [0.05, 0.1) is 30.7 Å².